The summed E-state index contributed by atoms with van der Waals surface area (Å²) >= 11 is 0. The first kappa shape index (κ1) is 18.8. The normalized spacial score (nSPS) is 10.5. The molecule has 0 saturated carbocycles. The van der Waals surface area contributed by atoms with Crippen LogP contribution in [0.3, 0.4) is 0 Å². The van der Waals surface area contributed by atoms with Crippen LogP contribution in [0.25, 0.3) is 5.69 Å². The second-order valence-corrected chi connectivity index (χ2v) is 6.20. The van der Waals surface area contributed by atoms with Crippen LogP contribution < -0.4 is 16.6 Å². The molecular formula is C18H15FN6O3. The predicted octanol–water partition coefficient (Wildman–Crippen LogP) is 0.989. The molecule has 28 heavy (non-hydrogen) atoms. The summed E-state index contributed by atoms with van der Waals surface area (Å²) in [4.78, 5) is 36.9. The van der Waals surface area contributed by atoms with Gasteiger partial charge in [0.15, 0.2) is 5.69 Å². The SMILES string of the molecule is Cc1cc(C)cc(-n2nc(C#N)cc2NC(=O)Cn2cc(F)c(=O)[nH]c2=O)c1. The Bertz CT molecular complexity index is 1210. The van der Waals surface area contributed by atoms with Crippen LogP contribution in [-0.4, -0.2) is 25.2 Å². The van der Waals surface area contributed by atoms with Gasteiger partial charge in [-0.15, -0.1) is 0 Å². The van der Waals surface area contributed by atoms with E-state index in [4.69, 9.17) is 5.26 Å². The number of nitriles is 1. The fourth-order valence-electron chi connectivity index (χ4n) is 2.73. The zero-order valence-corrected chi connectivity index (χ0v) is 15.0. The fourth-order valence-corrected chi connectivity index (χ4v) is 2.73. The van der Waals surface area contributed by atoms with Gasteiger partial charge in [0.2, 0.25) is 11.7 Å². The molecule has 0 unspecified atom stereocenters. The van der Waals surface area contributed by atoms with Crippen molar-refractivity contribution in [2.24, 2.45) is 0 Å². The van der Waals surface area contributed by atoms with Crippen molar-refractivity contribution < 1.29 is 9.18 Å². The first-order valence-electron chi connectivity index (χ1n) is 8.15. The molecule has 0 aliphatic carbocycles. The number of hydrogen-bond acceptors (Lipinski definition) is 5. The highest BCUT2D eigenvalue weighted by atomic mass is 19.1. The molecule has 0 radical (unpaired) electrons. The molecular weight excluding hydrogens is 367 g/mol. The number of halogens is 1. The molecule has 0 aliphatic rings. The highest BCUT2D eigenvalue weighted by molar-refractivity contribution is 5.90. The maximum Gasteiger partial charge on any atom is 0.328 e. The van der Waals surface area contributed by atoms with Crippen LogP contribution in [0.4, 0.5) is 10.2 Å². The number of aromatic amines is 1. The van der Waals surface area contributed by atoms with Crippen molar-refractivity contribution in [3.8, 4) is 11.8 Å². The van der Waals surface area contributed by atoms with Gasteiger partial charge in [0.1, 0.15) is 18.4 Å². The largest absolute Gasteiger partial charge is 0.328 e. The van der Waals surface area contributed by atoms with Crippen LogP contribution in [0, 0.1) is 31.0 Å². The Morgan fingerprint density at radius 3 is 2.57 bits per heavy atom. The molecule has 3 aromatic rings. The molecule has 0 fully saturated rings. The van der Waals surface area contributed by atoms with Gasteiger partial charge < -0.3 is 5.32 Å². The van der Waals surface area contributed by atoms with Gasteiger partial charge in [-0.3, -0.25) is 19.1 Å². The quantitative estimate of drug-likeness (QED) is 0.696. The summed E-state index contributed by atoms with van der Waals surface area (Å²) in [6.45, 7) is 3.27. The van der Waals surface area contributed by atoms with Gasteiger partial charge in [-0.25, -0.2) is 9.48 Å². The second-order valence-electron chi connectivity index (χ2n) is 6.20. The second kappa shape index (κ2) is 7.32. The van der Waals surface area contributed by atoms with Crippen molar-refractivity contribution >= 4 is 11.7 Å². The molecule has 10 heteroatoms. The summed E-state index contributed by atoms with van der Waals surface area (Å²) in [6, 6.07) is 8.92. The minimum Gasteiger partial charge on any atom is -0.309 e. The van der Waals surface area contributed by atoms with Gasteiger partial charge in [-0.05, 0) is 37.1 Å². The first-order chi connectivity index (χ1) is 13.3. The summed E-state index contributed by atoms with van der Waals surface area (Å²) in [5.41, 5.74) is 0.590. The number of aromatic nitrogens is 4. The van der Waals surface area contributed by atoms with Gasteiger partial charge in [-0.2, -0.15) is 14.8 Å². The number of carbonyl (C=O) groups is 1. The van der Waals surface area contributed by atoms with Gasteiger partial charge >= 0.3 is 5.69 Å². The highest BCUT2D eigenvalue weighted by Gasteiger charge is 2.14. The molecule has 1 amide bonds. The molecule has 9 nitrogen and oxygen atoms in total. The van der Waals surface area contributed by atoms with E-state index >= 15 is 0 Å². The van der Waals surface area contributed by atoms with Gasteiger partial charge in [0.05, 0.1) is 11.9 Å². The summed E-state index contributed by atoms with van der Waals surface area (Å²) < 4.78 is 15.5. The maximum absolute atomic E-state index is 13.4. The lowest BCUT2D eigenvalue weighted by atomic mass is 10.1. The number of nitrogens with zero attached hydrogens (tertiary/aromatic N) is 4. The van der Waals surface area contributed by atoms with E-state index < -0.39 is 29.5 Å². The van der Waals surface area contributed by atoms with Crippen LogP contribution in [0.5, 0.6) is 0 Å². The first-order valence-corrected chi connectivity index (χ1v) is 8.15. The molecule has 0 atom stereocenters. The summed E-state index contributed by atoms with van der Waals surface area (Å²) in [6.07, 6.45) is 0.655. The third kappa shape index (κ3) is 3.88. The number of rotatable bonds is 4. The Morgan fingerprint density at radius 1 is 1.25 bits per heavy atom. The minimum absolute atomic E-state index is 0.0849. The zero-order valence-electron chi connectivity index (χ0n) is 15.0. The highest BCUT2D eigenvalue weighted by Crippen LogP contribution is 2.19. The molecule has 2 heterocycles. The number of carbonyl (C=O) groups excluding carboxylic acids is 1. The van der Waals surface area contributed by atoms with E-state index in [0.717, 1.165) is 15.7 Å². The van der Waals surface area contributed by atoms with E-state index in [2.05, 4.69) is 10.4 Å². The number of anilines is 1. The van der Waals surface area contributed by atoms with E-state index in [9.17, 15) is 18.8 Å². The monoisotopic (exact) mass is 382 g/mol. The molecule has 3 rings (SSSR count). The van der Waals surface area contributed by atoms with E-state index in [1.165, 1.54) is 10.7 Å². The Balaban J connectivity index is 1.92. The van der Waals surface area contributed by atoms with Crippen molar-refractivity contribution in [2.75, 3.05) is 5.32 Å². The number of amides is 1. The van der Waals surface area contributed by atoms with Crippen molar-refractivity contribution in [3.05, 3.63) is 73.9 Å². The third-order valence-corrected chi connectivity index (χ3v) is 3.82. The standard InChI is InChI=1S/C18H15FN6O3/c1-10-3-11(2)5-13(4-10)25-15(6-12(7-20)23-25)21-16(26)9-24-8-14(19)17(27)22-18(24)28/h3-6,8H,9H2,1-2H3,(H,21,26)(H,22,27,28). The lowest BCUT2D eigenvalue weighted by Gasteiger charge is -2.11. The van der Waals surface area contributed by atoms with Crippen LogP contribution >= 0.6 is 0 Å². The molecule has 2 N–H and O–H groups in total. The van der Waals surface area contributed by atoms with E-state index in [1.54, 1.807) is 4.98 Å². The molecule has 0 saturated heterocycles. The minimum atomic E-state index is -1.18. The lowest BCUT2D eigenvalue weighted by molar-refractivity contribution is -0.116. The van der Waals surface area contributed by atoms with Gasteiger partial charge in [0, 0.05) is 6.07 Å². The topological polar surface area (TPSA) is 126 Å². The van der Waals surface area contributed by atoms with Gasteiger partial charge in [0.25, 0.3) is 5.56 Å². The Morgan fingerprint density at radius 2 is 1.93 bits per heavy atom. The molecule has 0 aliphatic heterocycles. The average molecular weight is 382 g/mol. The van der Waals surface area contributed by atoms with E-state index in [-0.39, 0.29) is 11.5 Å². The maximum atomic E-state index is 13.4. The Hall–Kier alpha value is -4.00. The zero-order chi connectivity index (χ0) is 20.4. The number of H-pyrrole nitrogens is 1. The van der Waals surface area contributed by atoms with E-state index in [1.807, 2.05) is 38.1 Å². The molecule has 2 aromatic heterocycles. The van der Waals surface area contributed by atoms with Crippen molar-refractivity contribution in [1.29, 1.82) is 5.26 Å². The number of aryl methyl sites for hydroxylation is 2. The Kier molecular flexibility index (Phi) is 4.91. The van der Waals surface area contributed by atoms with Gasteiger partial charge in [-0.1, -0.05) is 6.07 Å². The van der Waals surface area contributed by atoms with Crippen LogP contribution in [-0.2, 0) is 11.3 Å². The van der Waals surface area contributed by atoms with Crippen LogP contribution in [0.1, 0.15) is 16.8 Å². The van der Waals surface area contributed by atoms with Crippen molar-refractivity contribution in [2.45, 2.75) is 20.4 Å². The molecule has 1 aromatic carbocycles. The molecule has 0 bridgehead atoms. The number of benzene rings is 1. The Labute approximate surface area is 157 Å². The van der Waals surface area contributed by atoms with Crippen LogP contribution in [0.2, 0.25) is 0 Å². The number of hydrogen-bond donors (Lipinski definition) is 2. The lowest BCUT2D eigenvalue weighted by Crippen LogP contribution is -2.34. The molecule has 0 spiro atoms. The average Bonchev–Trinajstić information content (AvgIpc) is 3.01. The summed E-state index contributed by atoms with van der Waals surface area (Å²) in [7, 11) is 0. The fraction of sp³-hybridized carbons (Fsp3) is 0.167. The molecule has 142 valence electrons. The number of nitrogens with one attached hydrogen (secondary N) is 2. The summed E-state index contributed by atoms with van der Waals surface area (Å²) in [5.74, 6) is -1.63. The summed E-state index contributed by atoms with van der Waals surface area (Å²) in [5, 5.41) is 15.8. The smallest absolute Gasteiger partial charge is 0.309 e. The third-order valence-electron chi connectivity index (χ3n) is 3.82. The van der Waals surface area contributed by atoms with Crippen molar-refractivity contribution in [3.63, 3.8) is 0 Å². The van der Waals surface area contributed by atoms with Crippen molar-refractivity contribution in [1.82, 2.24) is 19.3 Å². The predicted molar refractivity (Wildman–Crippen MR) is 97.7 cm³/mol. The van der Waals surface area contributed by atoms with Crippen LogP contribution in [0.15, 0.2) is 40.1 Å². The van der Waals surface area contributed by atoms with E-state index in [0.29, 0.717) is 11.9 Å².